The van der Waals surface area contributed by atoms with Crippen LogP contribution in [0.2, 0.25) is 0 Å². The number of hydrogen-bond donors (Lipinski definition) is 1. The molecule has 92 valence electrons. The highest BCUT2D eigenvalue weighted by Crippen LogP contribution is 2.13. The smallest absolute Gasteiger partial charge is 0.123 e. The molecule has 1 aromatic carbocycles. The molecule has 1 aromatic rings. The molecule has 0 aliphatic heterocycles. The Bertz CT molecular complexity index is 331. The Balaban J connectivity index is 0.00000225. The van der Waals surface area contributed by atoms with Crippen molar-refractivity contribution in [3.8, 4) is 0 Å². The molecule has 0 aliphatic carbocycles. The van der Waals surface area contributed by atoms with Crippen LogP contribution in [-0.2, 0) is 6.54 Å². The van der Waals surface area contributed by atoms with Crippen LogP contribution in [0.5, 0.6) is 0 Å². The van der Waals surface area contributed by atoms with Crippen molar-refractivity contribution in [1.82, 2.24) is 4.90 Å². The topological polar surface area (TPSA) is 29.3 Å². The van der Waals surface area contributed by atoms with Crippen LogP contribution in [0.1, 0.15) is 18.1 Å². The fourth-order valence-corrected chi connectivity index (χ4v) is 1.44. The third-order valence-corrected chi connectivity index (χ3v) is 2.82. The molecule has 0 spiro atoms. The Morgan fingerprint density at radius 2 is 2.06 bits per heavy atom. The largest absolute Gasteiger partial charge is 0.329 e. The zero-order chi connectivity index (χ0) is 11.4. The van der Waals surface area contributed by atoms with Crippen molar-refractivity contribution in [2.45, 2.75) is 26.4 Å². The average molecular weight is 247 g/mol. The molecule has 0 amide bonds. The molecule has 0 aromatic heterocycles. The van der Waals surface area contributed by atoms with Crippen LogP contribution in [-0.4, -0.2) is 24.5 Å². The SMILES string of the molecule is Cc1cc(F)ccc1CN(C)C(C)CN.Cl. The molecule has 1 unspecified atom stereocenters. The molecular formula is C12H20ClFN2. The van der Waals surface area contributed by atoms with Gasteiger partial charge in [-0.3, -0.25) is 4.90 Å². The van der Waals surface area contributed by atoms with E-state index in [-0.39, 0.29) is 18.2 Å². The summed E-state index contributed by atoms with van der Waals surface area (Å²) in [6, 6.07) is 5.25. The van der Waals surface area contributed by atoms with E-state index in [1.54, 1.807) is 6.07 Å². The van der Waals surface area contributed by atoms with Crippen molar-refractivity contribution in [1.29, 1.82) is 0 Å². The number of hydrogen-bond acceptors (Lipinski definition) is 2. The summed E-state index contributed by atoms with van der Waals surface area (Å²) >= 11 is 0. The first-order valence-electron chi connectivity index (χ1n) is 5.20. The quantitative estimate of drug-likeness (QED) is 0.884. The molecule has 0 heterocycles. The van der Waals surface area contributed by atoms with Crippen molar-refractivity contribution in [3.63, 3.8) is 0 Å². The standard InChI is InChI=1S/C12H19FN2.ClH/c1-9-6-12(13)5-4-11(9)8-15(3)10(2)7-14;/h4-6,10H,7-8,14H2,1-3H3;1H. The van der Waals surface area contributed by atoms with Gasteiger partial charge in [-0.25, -0.2) is 4.39 Å². The number of halogens is 2. The number of aryl methyl sites for hydroxylation is 1. The fraction of sp³-hybridized carbons (Fsp3) is 0.500. The van der Waals surface area contributed by atoms with Crippen molar-refractivity contribution in [3.05, 3.63) is 35.1 Å². The van der Waals surface area contributed by atoms with Crippen LogP contribution in [0.15, 0.2) is 18.2 Å². The van der Waals surface area contributed by atoms with Crippen LogP contribution in [0, 0.1) is 12.7 Å². The van der Waals surface area contributed by atoms with Crippen LogP contribution in [0.4, 0.5) is 4.39 Å². The fourth-order valence-electron chi connectivity index (χ4n) is 1.44. The molecule has 0 aliphatic rings. The summed E-state index contributed by atoms with van der Waals surface area (Å²) in [5.41, 5.74) is 7.73. The Labute approximate surface area is 103 Å². The lowest BCUT2D eigenvalue weighted by Crippen LogP contribution is -2.34. The predicted octanol–water partition coefficient (Wildman–Crippen LogP) is 2.33. The first kappa shape index (κ1) is 15.4. The number of rotatable bonds is 4. The van der Waals surface area contributed by atoms with E-state index < -0.39 is 0 Å². The molecule has 2 nitrogen and oxygen atoms in total. The van der Waals surface area contributed by atoms with E-state index in [2.05, 4.69) is 11.8 Å². The second-order valence-electron chi connectivity index (χ2n) is 4.07. The number of nitrogens with zero attached hydrogens (tertiary/aromatic N) is 1. The van der Waals surface area contributed by atoms with Crippen LogP contribution < -0.4 is 5.73 Å². The van der Waals surface area contributed by atoms with E-state index >= 15 is 0 Å². The molecular weight excluding hydrogens is 227 g/mol. The first-order valence-corrected chi connectivity index (χ1v) is 5.20. The van der Waals surface area contributed by atoms with Gasteiger partial charge in [0.25, 0.3) is 0 Å². The highest BCUT2D eigenvalue weighted by Gasteiger charge is 2.09. The molecule has 0 bridgehead atoms. The van der Waals surface area contributed by atoms with E-state index in [1.807, 2.05) is 20.0 Å². The first-order chi connectivity index (χ1) is 7.04. The predicted molar refractivity (Wildman–Crippen MR) is 68.4 cm³/mol. The lowest BCUT2D eigenvalue weighted by atomic mass is 10.1. The second-order valence-corrected chi connectivity index (χ2v) is 4.07. The van der Waals surface area contributed by atoms with E-state index in [0.29, 0.717) is 12.6 Å². The van der Waals surface area contributed by atoms with Gasteiger partial charge in [-0.15, -0.1) is 12.4 Å². The van der Waals surface area contributed by atoms with Gasteiger partial charge in [0.15, 0.2) is 0 Å². The maximum absolute atomic E-state index is 12.9. The summed E-state index contributed by atoms with van der Waals surface area (Å²) in [4.78, 5) is 2.17. The number of likely N-dealkylation sites (N-methyl/N-ethyl adjacent to an activating group) is 1. The molecule has 0 fully saturated rings. The summed E-state index contributed by atoms with van der Waals surface area (Å²) in [5, 5.41) is 0. The summed E-state index contributed by atoms with van der Waals surface area (Å²) in [6.07, 6.45) is 0. The van der Waals surface area contributed by atoms with Crippen molar-refractivity contribution in [2.24, 2.45) is 5.73 Å². The minimum Gasteiger partial charge on any atom is -0.329 e. The molecule has 1 atom stereocenters. The van der Waals surface area contributed by atoms with Crippen LogP contribution in [0.25, 0.3) is 0 Å². The lowest BCUT2D eigenvalue weighted by Gasteiger charge is -2.24. The summed E-state index contributed by atoms with van der Waals surface area (Å²) in [6.45, 7) is 5.46. The van der Waals surface area contributed by atoms with Gasteiger partial charge < -0.3 is 5.73 Å². The number of benzene rings is 1. The van der Waals surface area contributed by atoms with Crippen LogP contribution >= 0.6 is 12.4 Å². The zero-order valence-electron chi connectivity index (χ0n) is 10.0. The molecule has 0 saturated heterocycles. The minimum atomic E-state index is -0.175. The molecule has 16 heavy (non-hydrogen) atoms. The second kappa shape index (κ2) is 6.84. The molecule has 1 rings (SSSR count). The third-order valence-electron chi connectivity index (χ3n) is 2.82. The van der Waals surface area contributed by atoms with Crippen molar-refractivity contribution in [2.75, 3.05) is 13.6 Å². The van der Waals surface area contributed by atoms with Crippen LogP contribution in [0.3, 0.4) is 0 Å². The maximum atomic E-state index is 12.9. The number of nitrogens with two attached hydrogens (primary N) is 1. The van der Waals surface area contributed by atoms with E-state index in [1.165, 1.54) is 6.07 Å². The summed E-state index contributed by atoms with van der Waals surface area (Å²) < 4.78 is 12.9. The third kappa shape index (κ3) is 4.08. The molecule has 0 saturated carbocycles. The summed E-state index contributed by atoms with van der Waals surface area (Å²) in [5.74, 6) is -0.175. The van der Waals surface area contributed by atoms with Gasteiger partial charge in [0.05, 0.1) is 0 Å². The Hall–Kier alpha value is -0.640. The van der Waals surface area contributed by atoms with Gasteiger partial charge in [-0.05, 0) is 44.2 Å². The molecule has 2 N–H and O–H groups in total. The zero-order valence-corrected chi connectivity index (χ0v) is 10.9. The maximum Gasteiger partial charge on any atom is 0.123 e. The molecule has 0 radical (unpaired) electrons. The monoisotopic (exact) mass is 246 g/mol. The van der Waals surface area contributed by atoms with Gasteiger partial charge >= 0.3 is 0 Å². The van der Waals surface area contributed by atoms with Crippen molar-refractivity contribution >= 4 is 12.4 Å². The van der Waals surface area contributed by atoms with E-state index in [4.69, 9.17) is 5.73 Å². The highest BCUT2D eigenvalue weighted by molar-refractivity contribution is 5.85. The van der Waals surface area contributed by atoms with Gasteiger partial charge in [0.1, 0.15) is 5.82 Å². The van der Waals surface area contributed by atoms with Gasteiger partial charge in [-0.1, -0.05) is 6.07 Å². The van der Waals surface area contributed by atoms with Gasteiger partial charge in [0, 0.05) is 19.1 Å². The summed E-state index contributed by atoms with van der Waals surface area (Å²) in [7, 11) is 2.03. The Kier molecular flexibility index (Phi) is 6.56. The van der Waals surface area contributed by atoms with E-state index in [9.17, 15) is 4.39 Å². The minimum absolute atomic E-state index is 0. The Morgan fingerprint density at radius 3 is 2.56 bits per heavy atom. The van der Waals surface area contributed by atoms with E-state index in [0.717, 1.165) is 17.7 Å². The highest BCUT2D eigenvalue weighted by atomic mass is 35.5. The Morgan fingerprint density at radius 1 is 1.44 bits per heavy atom. The normalized spacial score (nSPS) is 12.4. The average Bonchev–Trinajstić information content (AvgIpc) is 2.20. The molecule has 4 heteroatoms. The van der Waals surface area contributed by atoms with Gasteiger partial charge in [0.2, 0.25) is 0 Å². The van der Waals surface area contributed by atoms with Gasteiger partial charge in [-0.2, -0.15) is 0 Å². The van der Waals surface area contributed by atoms with Crippen molar-refractivity contribution < 1.29 is 4.39 Å². The lowest BCUT2D eigenvalue weighted by molar-refractivity contribution is 0.254.